The summed E-state index contributed by atoms with van der Waals surface area (Å²) in [5, 5.41) is 12.3. The van der Waals surface area contributed by atoms with E-state index in [9.17, 15) is 19.2 Å². The highest BCUT2D eigenvalue weighted by Crippen LogP contribution is 2.19. The number of halogens is 1. The summed E-state index contributed by atoms with van der Waals surface area (Å²) in [6, 6.07) is 37.5. The van der Waals surface area contributed by atoms with Gasteiger partial charge in [-0.25, -0.2) is 0 Å². The van der Waals surface area contributed by atoms with Gasteiger partial charge in [-0.15, -0.1) is 0 Å². The average Bonchev–Trinajstić information content (AvgIpc) is 3.26. The minimum Gasteiger partial charge on any atom is -1.00 e. The molecule has 4 amide bonds. The Hall–Kier alpha value is -4.99. The summed E-state index contributed by atoms with van der Waals surface area (Å²) in [6.07, 6.45) is 12.2. The number of nitrogens with one attached hydrogen (secondary N) is 4. The van der Waals surface area contributed by atoms with Crippen molar-refractivity contribution < 1.29 is 36.1 Å². The number of hydrogen-bond donors (Lipinski definition) is 4. The van der Waals surface area contributed by atoms with Gasteiger partial charge in [0, 0.05) is 48.4 Å². The lowest BCUT2D eigenvalue weighted by atomic mass is 10.1. The fraction of sp³-hybridized carbons (Fsp3) is 0.417. The van der Waals surface area contributed by atoms with Gasteiger partial charge in [-0.2, -0.15) is 0 Å². The van der Waals surface area contributed by atoms with Crippen LogP contribution in [-0.4, -0.2) is 80.5 Å². The van der Waals surface area contributed by atoms with E-state index in [0.29, 0.717) is 48.4 Å². The number of rotatable bonds is 28. The molecular weight excluding hydrogens is 746 g/mol. The van der Waals surface area contributed by atoms with Gasteiger partial charge in [-0.3, -0.25) is 19.2 Å². The molecular formula is C48H64ClN5O4. The molecule has 0 radical (unpaired) electrons. The van der Waals surface area contributed by atoms with Gasteiger partial charge >= 0.3 is 0 Å². The van der Waals surface area contributed by atoms with Gasteiger partial charge < -0.3 is 38.2 Å². The van der Waals surface area contributed by atoms with E-state index in [-0.39, 0.29) is 36.0 Å². The average molecular weight is 811 g/mol. The summed E-state index contributed by atoms with van der Waals surface area (Å²) >= 11 is 0. The van der Waals surface area contributed by atoms with E-state index in [1.54, 1.807) is 0 Å². The lowest BCUT2D eigenvalue weighted by Gasteiger charge is -2.39. The zero-order chi connectivity index (χ0) is 40.2. The Labute approximate surface area is 352 Å². The Morgan fingerprint density at radius 1 is 0.310 bits per heavy atom. The van der Waals surface area contributed by atoms with Crippen LogP contribution in [0.1, 0.15) is 118 Å². The third-order valence-corrected chi connectivity index (χ3v) is 10.5. The number of unbranched alkanes of at least 4 members (excludes halogenated alkanes) is 8. The molecule has 0 unspecified atom stereocenters. The minimum atomic E-state index is -0.0272. The van der Waals surface area contributed by atoms with Crippen molar-refractivity contribution in [1.82, 2.24) is 21.3 Å². The fourth-order valence-corrected chi connectivity index (χ4v) is 7.24. The van der Waals surface area contributed by atoms with Crippen molar-refractivity contribution in [2.24, 2.45) is 0 Å². The standard InChI is InChI=1S/C48H63N5O4.ClH/c54-45(41-25-9-1-10-26-41)49-33-17-5-21-37-53(38-22-6-18-34-50-46(55)42-27-11-2-12-28-42,39-23-7-19-35-51-47(56)43-29-13-3-14-30-43)40-24-8-20-36-52-48(57)44-31-15-4-16-32-44;/h1-4,9-16,25-32H,5-8,17-24,33-40H2,(H3-,49,50,51,52,54,55,56,57);1H. The van der Waals surface area contributed by atoms with E-state index >= 15 is 0 Å². The predicted octanol–water partition coefficient (Wildman–Crippen LogP) is 5.21. The highest BCUT2D eigenvalue weighted by molar-refractivity contribution is 5.95. The summed E-state index contributed by atoms with van der Waals surface area (Å²) < 4.78 is 1.04. The van der Waals surface area contributed by atoms with Crippen molar-refractivity contribution >= 4 is 23.6 Å². The Balaban J connectivity index is 0.00000900. The van der Waals surface area contributed by atoms with E-state index in [1.807, 2.05) is 121 Å². The van der Waals surface area contributed by atoms with Crippen LogP contribution in [0.2, 0.25) is 0 Å². The summed E-state index contributed by atoms with van der Waals surface area (Å²) in [6.45, 7) is 6.94. The van der Waals surface area contributed by atoms with Crippen LogP contribution in [0.5, 0.6) is 0 Å². The normalized spacial score (nSPS) is 10.9. The van der Waals surface area contributed by atoms with Gasteiger partial charge in [0.1, 0.15) is 0 Å². The fourth-order valence-electron chi connectivity index (χ4n) is 7.24. The van der Waals surface area contributed by atoms with Gasteiger partial charge in [0.2, 0.25) is 0 Å². The molecule has 312 valence electrons. The highest BCUT2D eigenvalue weighted by atomic mass is 35.5. The number of benzene rings is 4. The number of carbonyl (C=O) groups is 4. The molecule has 0 aliphatic heterocycles. The van der Waals surface area contributed by atoms with Crippen LogP contribution >= 0.6 is 0 Å². The van der Waals surface area contributed by atoms with Gasteiger partial charge in [0.25, 0.3) is 23.6 Å². The van der Waals surface area contributed by atoms with Crippen LogP contribution in [0, 0.1) is 0 Å². The molecule has 0 saturated heterocycles. The first-order valence-corrected chi connectivity index (χ1v) is 21.1. The van der Waals surface area contributed by atoms with Gasteiger partial charge in [-0.05, 0) is 126 Å². The lowest BCUT2D eigenvalue weighted by molar-refractivity contribution is -0.929. The van der Waals surface area contributed by atoms with E-state index in [4.69, 9.17) is 0 Å². The van der Waals surface area contributed by atoms with Crippen LogP contribution in [0.4, 0.5) is 0 Å². The number of amides is 4. The molecule has 58 heavy (non-hydrogen) atoms. The topological polar surface area (TPSA) is 116 Å². The second kappa shape index (κ2) is 28.4. The van der Waals surface area contributed by atoms with Gasteiger partial charge in [-0.1, -0.05) is 72.8 Å². The zero-order valence-corrected chi connectivity index (χ0v) is 34.9. The maximum Gasteiger partial charge on any atom is 0.251 e. The first-order chi connectivity index (χ1) is 28.0. The Morgan fingerprint density at radius 3 is 0.724 bits per heavy atom. The predicted molar refractivity (Wildman–Crippen MR) is 230 cm³/mol. The van der Waals surface area contributed by atoms with Crippen LogP contribution in [-0.2, 0) is 0 Å². The number of nitrogens with zero attached hydrogens (tertiary/aromatic N) is 1. The Morgan fingerprint density at radius 2 is 0.517 bits per heavy atom. The number of carbonyl (C=O) groups excluding carboxylic acids is 4. The maximum absolute atomic E-state index is 12.6. The first-order valence-electron chi connectivity index (χ1n) is 21.1. The maximum atomic E-state index is 12.6. The quantitative estimate of drug-likeness (QED) is 0.0466. The summed E-state index contributed by atoms with van der Waals surface area (Å²) in [5.74, 6) is -0.109. The van der Waals surface area contributed by atoms with Crippen LogP contribution in [0.15, 0.2) is 121 Å². The largest absolute Gasteiger partial charge is 1.00 e. The van der Waals surface area contributed by atoms with E-state index in [0.717, 1.165) is 108 Å². The molecule has 0 atom stereocenters. The van der Waals surface area contributed by atoms with E-state index < -0.39 is 0 Å². The molecule has 10 heteroatoms. The Bertz CT molecular complexity index is 1470. The molecule has 0 aromatic heterocycles. The minimum absolute atomic E-state index is 0. The van der Waals surface area contributed by atoms with Gasteiger partial charge in [0.15, 0.2) is 0 Å². The van der Waals surface area contributed by atoms with E-state index in [2.05, 4.69) is 21.3 Å². The van der Waals surface area contributed by atoms with E-state index in [1.165, 1.54) is 0 Å². The highest BCUT2D eigenvalue weighted by Gasteiger charge is 2.26. The molecule has 0 aliphatic carbocycles. The summed E-state index contributed by atoms with van der Waals surface area (Å²) in [5.41, 5.74) is 2.75. The third kappa shape index (κ3) is 18.5. The monoisotopic (exact) mass is 809 g/mol. The van der Waals surface area contributed by atoms with Crippen molar-refractivity contribution in [3.8, 4) is 0 Å². The zero-order valence-electron chi connectivity index (χ0n) is 34.1. The van der Waals surface area contributed by atoms with Crippen LogP contribution in [0.25, 0.3) is 0 Å². The van der Waals surface area contributed by atoms with Gasteiger partial charge in [0.05, 0.1) is 26.2 Å². The van der Waals surface area contributed by atoms with Crippen molar-refractivity contribution in [3.05, 3.63) is 144 Å². The molecule has 0 bridgehead atoms. The molecule has 4 N–H and O–H groups in total. The molecule has 0 fully saturated rings. The van der Waals surface area contributed by atoms with Crippen LogP contribution < -0.4 is 33.7 Å². The SMILES string of the molecule is O=C(NCCCCC[N+](CCCCCNC(=O)c1ccccc1)(CCCCCNC(=O)c1ccccc1)CCCCCNC(=O)c1ccccc1)c1ccccc1.[Cl-]. The second-order valence-electron chi connectivity index (χ2n) is 15.0. The molecule has 4 aromatic rings. The van der Waals surface area contributed by atoms with Crippen LogP contribution in [0.3, 0.4) is 0 Å². The molecule has 0 aliphatic rings. The second-order valence-corrected chi connectivity index (χ2v) is 15.0. The van der Waals surface area contributed by atoms with Crippen molar-refractivity contribution in [1.29, 1.82) is 0 Å². The number of hydrogen-bond acceptors (Lipinski definition) is 4. The van der Waals surface area contributed by atoms with Crippen molar-refractivity contribution in [2.75, 3.05) is 52.4 Å². The number of quaternary nitrogens is 1. The Kier molecular flexibility index (Phi) is 23.2. The molecule has 0 spiro atoms. The third-order valence-electron chi connectivity index (χ3n) is 10.5. The molecule has 0 saturated carbocycles. The molecule has 4 rings (SSSR count). The smallest absolute Gasteiger partial charge is 0.251 e. The van der Waals surface area contributed by atoms with Crippen molar-refractivity contribution in [2.45, 2.75) is 77.0 Å². The summed E-state index contributed by atoms with van der Waals surface area (Å²) in [7, 11) is 0. The van der Waals surface area contributed by atoms with Crippen molar-refractivity contribution in [3.63, 3.8) is 0 Å². The molecule has 0 heterocycles. The first kappa shape index (κ1) is 47.4. The molecule has 9 nitrogen and oxygen atoms in total. The molecule has 4 aromatic carbocycles. The summed E-state index contributed by atoms with van der Waals surface area (Å²) in [4.78, 5) is 50.2. The lowest BCUT2D eigenvalue weighted by Crippen LogP contribution is -3.00.